The van der Waals surface area contributed by atoms with Crippen molar-refractivity contribution < 1.29 is 9.53 Å². The van der Waals surface area contributed by atoms with Crippen LogP contribution in [-0.4, -0.2) is 12.9 Å². The van der Waals surface area contributed by atoms with Gasteiger partial charge in [0.25, 0.3) is 0 Å². The van der Waals surface area contributed by atoms with Crippen molar-refractivity contribution in [2.45, 2.75) is 40.0 Å². The molecule has 2 heteroatoms. The van der Waals surface area contributed by atoms with Crippen molar-refractivity contribution in [1.82, 2.24) is 0 Å². The summed E-state index contributed by atoms with van der Waals surface area (Å²) in [6.07, 6.45) is 5.17. The number of ether oxygens (including phenoxy) is 1. The molecule has 0 aliphatic heterocycles. The predicted molar refractivity (Wildman–Crippen MR) is 63.9 cm³/mol. The van der Waals surface area contributed by atoms with Crippen molar-refractivity contribution in [1.29, 1.82) is 0 Å². The zero-order chi connectivity index (χ0) is 11.9. The van der Waals surface area contributed by atoms with Crippen LogP contribution in [0.15, 0.2) is 23.0 Å². The molecule has 0 aromatic heterocycles. The first-order valence-corrected chi connectivity index (χ1v) is 6.02. The van der Waals surface area contributed by atoms with Gasteiger partial charge in [0.2, 0.25) is 0 Å². The van der Waals surface area contributed by atoms with Crippen molar-refractivity contribution in [3.05, 3.63) is 23.0 Å². The second-order valence-electron chi connectivity index (χ2n) is 5.26. The van der Waals surface area contributed by atoms with Crippen LogP contribution in [0, 0.1) is 11.3 Å². The maximum absolute atomic E-state index is 12.3. The molecule has 0 unspecified atom stereocenters. The Morgan fingerprint density at radius 2 is 2.19 bits per heavy atom. The van der Waals surface area contributed by atoms with E-state index in [1.807, 2.05) is 13.0 Å². The summed E-state index contributed by atoms with van der Waals surface area (Å²) in [6, 6.07) is 0. The lowest BCUT2D eigenvalue weighted by Gasteiger charge is -2.42. The summed E-state index contributed by atoms with van der Waals surface area (Å²) < 4.78 is 5.47. The van der Waals surface area contributed by atoms with Gasteiger partial charge in [0, 0.05) is 0 Å². The third kappa shape index (κ3) is 1.43. The largest absolute Gasteiger partial charge is 0.497 e. The van der Waals surface area contributed by atoms with Gasteiger partial charge in [-0.05, 0) is 49.8 Å². The van der Waals surface area contributed by atoms with Gasteiger partial charge in [0.15, 0.2) is 5.78 Å². The highest BCUT2D eigenvalue weighted by molar-refractivity contribution is 6.03. The average Bonchev–Trinajstić information content (AvgIpc) is 2.24. The van der Waals surface area contributed by atoms with Crippen LogP contribution in [0.2, 0.25) is 0 Å². The summed E-state index contributed by atoms with van der Waals surface area (Å²) in [5.74, 6) is 1.67. The van der Waals surface area contributed by atoms with Crippen LogP contribution in [-0.2, 0) is 9.53 Å². The third-order valence-corrected chi connectivity index (χ3v) is 4.09. The number of carbonyl (C=O) groups excluding carboxylic acids is 1. The summed E-state index contributed by atoms with van der Waals surface area (Å²) in [5.41, 5.74) is 1.75. The molecule has 2 rings (SSSR count). The summed E-state index contributed by atoms with van der Waals surface area (Å²) in [6.45, 7) is 6.17. The fourth-order valence-electron chi connectivity index (χ4n) is 3.28. The molecule has 0 saturated heterocycles. The lowest BCUT2D eigenvalue weighted by molar-refractivity contribution is -0.124. The normalized spacial score (nSPS) is 34.6. The number of carbonyl (C=O) groups is 1. The lowest BCUT2D eigenvalue weighted by Crippen LogP contribution is -2.39. The van der Waals surface area contributed by atoms with E-state index in [9.17, 15) is 4.79 Å². The molecule has 0 amide bonds. The van der Waals surface area contributed by atoms with Crippen LogP contribution in [0.1, 0.15) is 40.0 Å². The summed E-state index contributed by atoms with van der Waals surface area (Å²) in [5, 5.41) is 0. The van der Waals surface area contributed by atoms with E-state index in [1.165, 1.54) is 5.57 Å². The molecule has 2 aliphatic rings. The minimum Gasteiger partial charge on any atom is -0.497 e. The number of hydrogen-bond acceptors (Lipinski definition) is 2. The molecule has 0 spiro atoms. The van der Waals surface area contributed by atoms with Gasteiger partial charge < -0.3 is 4.74 Å². The van der Waals surface area contributed by atoms with Crippen LogP contribution >= 0.6 is 0 Å². The number of allylic oxidation sites excluding steroid dienone is 3. The Labute approximate surface area is 97.4 Å². The van der Waals surface area contributed by atoms with Crippen molar-refractivity contribution >= 4 is 5.78 Å². The van der Waals surface area contributed by atoms with Gasteiger partial charge in [-0.3, -0.25) is 4.79 Å². The molecule has 0 radical (unpaired) electrons. The number of methoxy groups -OCH3 is 1. The van der Waals surface area contributed by atoms with Gasteiger partial charge in [0.1, 0.15) is 5.76 Å². The SMILES string of the molecule is COC1=C2[C@H](C)CCC[C@]2(C)C(=O)C(C)=C1. The van der Waals surface area contributed by atoms with E-state index in [0.29, 0.717) is 5.92 Å². The van der Waals surface area contributed by atoms with Gasteiger partial charge >= 0.3 is 0 Å². The Hall–Kier alpha value is -1.05. The molecule has 1 saturated carbocycles. The summed E-state index contributed by atoms with van der Waals surface area (Å²) in [7, 11) is 1.70. The fourth-order valence-corrected chi connectivity index (χ4v) is 3.28. The Balaban J connectivity index is 2.59. The second kappa shape index (κ2) is 3.76. The highest BCUT2D eigenvalue weighted by atomic mass is 16.5. The van der Waals surface area contributed by atoms with E-state index >= 15 is 0 Å². The summed E-state index contributed by atoms with van der Waals surface area (Å²) >= 11 is 0. The first kappa shape index (κ1) is 11.4. The molecule has 0 heterocycles. The smallest absolute Gasteiger partial charge is 0.168 e. The van der Waals surface area contributed by atoms with E-state index in [-0.39, 0.29) is 11.2 Å². The molecule has 0 aromatic carbocycles. The maximum Gasteiger partial charge on any atom is 0.168 e. The molecule has 0 N–H and O–H groups in total. The van der Waals surface area contributed by atoms with Gasteiger partial charge in [-0.25, -0.2) is 0 Å². The van der Waals surface area contributed by atoms with Crippen LogP contribution in [0.3, 0.4) is 0 Å². The molecule has 0 aromatic rings. The van der Waals surface area contributed by atoms with Gasteiger partial charge in [-0.15, -0.1) is 0 Å². The standard InChI is InChI=1S/C14H20O2/c1-9-6-5-7-14(3)12(9)11(16-4)8-10(2)13(14)15/h8-9H,5-7H2,1-4H3/t9-,14+/m1/s1. The number of fused-ring (bicyclic) bond motifs is 1. The zero-order valence-corrected chi connectivity index (χ0v) is 10.6. The highest BCUT2D eigenvalue weighted by Crippen LogP contribution is 2.49. The van der Waals surface area contributed by atoms with Crippen molar-refractivity contribution in [2.75, 3.05) is 7.11 Å². The van der Waals surface area contributed by atoms with Crippen molar-refractivity contribution in [3.8, 4) is 0 Å². The van der Waals surface area contributed by atoms with Gasteiger partial charge in [-0.2, -0.15) is 0 Å². The molecule has 2 atom stereocenters. The first-order valence-electron chi connectivity index (χ1n) is 6.02. The van der Waals surface area contributed by atoms with Gasteiger partial charge in [-0.1, -0.05) is 13.3 Å². The van der Waals surface area contributed by atoms with Crippen molar-refractivity contribution in [3.63, 3.8) is 0 Å². The topological polar surface area (TPSA) is 26.3 Å². The Kier molecular flexibility index (Phi) is 2.69. The Morgan fingerprint density at radius 1 is 1.50 bits per heavy atom. The predicted octanol–water partition coefficient (Wildman–Crippen LogP) is 3.24. The van der Waals surface area contributed by atoms with E-state index in [2.05, 4.69) is 13.8 Å². The Bertz CT molecular complexity index is 390. The molecule has 0 bridgehead atoms. The molecule has 2 aliphatic carbocycles. The third-order valence-electron chi connectivity index (χ3n) is 4.09. The number of ketones is 1. The highest BCUT2D eigenvalue weighted by Gasteiger charge is 2.45. The molecule has 1 fully saturated rings. The molecular formula is C14H20O2. The molecule has 88 valence electrons. The van der Waals surface area contributed by atoms with E-state index in [0.717, 1.165) is 30.6 Å². The minimum absolute atomic E-state index is 0.287. The average molecular weight is 220 g/mol. The second-order valence-corrected chi connectivity index (χ2v) is 5.26. The summed E-state index contributed by atoms with van der Waals surface area (Å²) in [4.78, 5) is 12.3. The zero-order valence-electron chi connectivity index (χ0n) is 10.6. The van der Waals surface area contributed by atoms with Gasteiger partial charge in [0.05, 0.1) is 12.5 Å². The first-order chi connectivity index (χ1) is 7.50. The van der Waals surface area contributed by atoms with Crippen LogP contribution in [0.25, 0.3) is 0 Å². The monoisotopic (exact) mass is 220 g/mol. The minimum atomic E-state index is -0.304. The van der Waals surface area contributed by atoms with Crippen LogP contribution in [0.5, 0.6) is 0 Å². The molecule has 2 nitrogen and oxygen atoms in total. The van der Waals surface area contributed by atoms with E-state index < -0.39 is 0 Å². The molecule has 16 heavy (non-hydrogen) atoms. The fraction of sp³-hybridized carbons (Fsp3) is 0.643. The quantitative estimate of drug-likeness (QED) is 0.678. The Morgan fingerprint density at radius 3 is 2.81 bits per heavy atom. The maximum atomic E-state index is 12.3. The van der Waals surface area contributed by atoms with E-state index in [1.54, 1.807) is 7.11 Å². The number of hydrogen-bond donors (Lipinski definition) is 0. The van der Waals surface area contributed by atoms with Crippen LogP contribution in [0.4, 0.5) is 0 Å². The number of Topliss-reactive ketones (excluding diaryl/α,β-unsaturated/α-hetero) is 1. The molecular weight excluding hydrogens is 200 g/mol. The van der Waals surface area contributed by atoms with Crippen molar-refractivity contribution in [2.24, 2.45) is 11.3 Å². The number of rotatable bonds is 1. The lowest BCUT2D eigenvalue weighted by atomic mass is 9.61. The van der Waals surface area contributed by atoms with Crippen LogP contribution < -0.4 is 0 Å². The van der Waals surface area contributed by atoms with E-state index in [4.69, 9.17) is 4.74 Å².